The summed E-state index contributed by atoms with van der Waals surface area (Å²) in [6, 6.07) is 7.98. The van der Waals surface area contributed by atoms with Crippen LogP contribution in [0.1, 0.15) is 24.9 Å². The van der Waals surface area contributed by atoms with Crippen molar-refractivity contribution in [2.24, 2.45) is 5.92 Å². The summed E-state index contributed by atoms with van der Waals surface area (Å²) in [5.41, 5.74) is 1.13. The molecule has 0 saturated carbocycles. The lowest BCUT2D eigenvalue weighted by Gasteiger charge is -2.25. The van der Waals surface area contributed by atoms with Gasteiger partial charge < -0.3 is 9.64 Å². The summed E-state index contributed by atoms with van der Waals surface area (Å²) in [6.07, 6.45) is 2.46. The van der Waals surface area contributed by atoms with E-state index < -0.39 is 0 Å². The minimum Gasteiger partial charge on any atom is -0.497 e. The first kappa shape index (κ1) is 12.7. The molecule has 0 aliphatic carbocycles. The van der Waals surface area contributed by atoms with Crippen LogP contribution in [0, 0.1) is 5.92 Å². The van der Waals surface area contributed by atoms with Crippen LogP contribution in [0.15, 0.2) is 36.9 Å². The topological polar surface area (TPSA) is 29.5 Å². The quantitative estimate of drug-likeness (QED) is 0.763. The van der Waals surface area contributed by atoms with E-state index in [0.29, 0.717) is 6.42 Å². The van der Waals surface area contributed by atoms with E-state index in [-0.39, 0.29) is 17.9 Å². The normalized spacial score (nSPS) is 20.9. The molecule has 2 atom stereocenters. The van der Waals surface area contributed by atoms with Crippen LogP contribution in [0.5, 0.6) is 5.75 Å². The Balaban J connectivity index is 2.12. The van der Waals surface area contributed by atoms with Crippen molar-refractivity contribution in [2.45, 2.75) is 19.4 Å². The summed E-state index contributed by atoms with van der Waals surface area (Å²) in [5.74, 6) is 1.34. The van der Waals surface area contributed by atoms with Gasteiger partial charge in [0.1, 0.15) is 5.75 Å². The van der Waals surface area contributed by atoms with Gasteiger partial charge in [0.2, 0.25) is 5.91 Å². The van der Waals surface area contributed by atoms with E-state index in [0.717, 1.165) is 17.9 Å². The molecule has 1 heterocycles. The second kappa shape index (κ2) is 5.25. The van der Waals surface area contributed by atoms with Crippen LogP contribution >= 0.6 is 0 Å². The lowest BCUT2D eigenvalue weighted by molar-refractivity contribution is -0.129. The van der Waals surface area contributed by atoms with Crippen LogP contribution in [-0.4, -0.2) is 24.5 Å². The maximum absolute atomic E-state index is 11.9. The molecule has 1 aromatic carbocycles. The van der Waals surface area contributed by atoms with Crippen molar-refractivity contribution in [3.05, 3.63) is 42.5 Å². The lowest BCUT2D eigenvalue weighted by atomic mass is 10.1. The van der Waals surface area contributed by atoms with Gasteiger partial charge in [-0.25, -0.2) is 0 Å². The summed E-state index contributed by atoms with van der Waals surface area (Å²) in [7, 11) is 1.65. The van der Waals surface area contributed by atoms with Crippen molar-refractivity contribution in [3.63, 3.8) is 0 Å². The summed E-state index contributed by atoms with van der Waals surface area (Å²) in [6.45, 7) is 6.60. The molecule has 1 unspecified atom stereocenters. The van der Waals surface area contributed by atoms with Crippen LogP contribution in [0.25, 0.3) is 0 Å². The predicted octanol–water partition coefficient (Wildman–Crippen LogP) is 2.79. The molecule has 0 bridgehead atoms. The minimum absolute atomic E-state index is 0.105. The van der Waals surface area contributed by atoms with Gasteiger partial charge in [0.25, 0.3) is 0 Å². The number of carbonyl (C=O) groups excluding carboxylic acids is 1. The van der Waals surface area contributed by atoms with Gasteiger partial charge >= 0.3 is 0 Å². The zero-order valence-electron chi connectivity index (χ0n) is 10.9. The van der Waals surface area contributed by atoms with Crippen molar-refractivity contribution in [1.82, 2.24) is 4.90 Å². The zero-order valence-corrected chi connectivity index (χ0v) is 10.9. The molecule has 2 rings (SSSR count). The third-order valence-corrected chi connectivity index (χ3v) is 3.59. The third kappa shape index (κ3) is 2.40. The molecular formula is C15H19NO2. The Kier molecular flexibility index (Phi) is 3.70. The number of likely N-dealkylation sites (tertiary alicyclic amines) is 1. The molecular weight excluding hydrogens is 226 g/mol. The van der Waals surface area contributed by atoms with E-state index in [1.165, 1.54) is 0 Å². The maximum Gasteiger partial charge on any atom is 0.223 e. The van der Waals surface area contributed by atoms with Crippen molar-refractivity contribution in [3.8, 4) is 5.75 Å². The van der Waals surface area contributed by atoms with E-state index in [2.05, 4.69) is 13.5 Å². The Morgan fingerprint density at radius 1 is 1.44 bits per heavy atom. The fourth-order valence-corrected chi connectivity index (χ4v) is 2.35. The molecule has 0 spiro atoms. The molecule has 0 aromatic heterocycles. The average Bonchev–Trinajstić information content (AvgIpc) is 2.79. The van der Waals surface area contributed by atoms with Gasteiger partial charge in [0.15, 0.2) is 0 Å². The van der Waals surface area contributed by atoms with Crippen LogP contribution in [0.3, 0.4) is 0 Å². The first-order chi connectivity index (χ1) is 8.65. The second-order valence-electron chi connectivity index (χ2n) is 4.70. The van der Waals surface area contributed by atoms with Crippen LogP contribution in [-0.2, 0) is 4.79 Å². The molecule has 1 aromatic rings. The lowest BCUT2D eigenvalue weighted by Crippen LogP contribution is -2.28. The molecule has 1 aliphatic heterocycles. The average molecular weight is 245 g/mol. The number of carbonyl (C=O) groups is 1. The molecule has 3 nitrogen and oxygen atoms in total. The van der Waals surface area contributed by atoms with Crippen LogP contribution in [0.2, 0.25) is 0 Å². The molecule has 1 saturated heterocycles. The maximum atomic E-state index is 11.9. The largest absolute Gasteiger partial charge is 0.497 e. The number of hydrogen-bond donors (Lipinski definition) is 0. The molecule has 1 fully saturated rings. The smallest absolute Gasteiger partial charge is 0.223 e. The van der Waals surface area contributed by atoms with E-state index in [1.54, 1.807) is 7.11 Å². The highest BCUT2D eigenvalue weighted by Crippen LogP contribution is 2.29. The van der Waals surface area contributed by atoms with Crippen molar-refractivity contribution < 1.29 is 9.53 Å². The van der Waals surface area contributed by atoms with Gasteiger partial charge in [0.05, 0.1) is 13.2 Å². The van der Waals surface area contributed by atoms with Crippen molar-refractivity contribution >= 4 is 5.91 Å². The number of benzene rings is 1. The van der Waals surface area contributed by atoms with Gasteiger partial charge in [-0.3, -0.25) is 4.79 Å². The van der Waals surface area contributed by atoms with E-state index >= 15 is 0 Å². The van der Waals surface area contributed by atoms with Crippen molar-refractivity contribution in [2.75, 3.05) is 13.7 Å². The Morgan fingerprint density at radius 2 is 2.11 bits per heavy atom. The van der Waals surface area contributed by atoms with E-state index in [1.807, 2.05) is 35.2 Å². The van der Waals surface area contributed by atoms with Crippen LogP contribution in [0.4, 0.5) is 0 Å². The molecule has 0 radical (unpaired) electrons. The molecule has 18 heavy (non-hydrogen) atoms. The van der Waals surface area contributed by atoms with Gasteiger partial charge in [-0.05, 0) is 24.6 Å². The minimum atomic E-state index is 0.105. The number of methoxy groups -OCH3 is 1. The number of amides is 1. The Morgan fingerprint density at radius 3 is 2.61 bits per heavy atom. The fraction of sp³-hybridized carbons (Fsp3) is 0.400. The first-order valence-electron chi connectivity index (χ1n) is 6.21. The summed E-state index contributed by atoms with van der Waals surface area (Å²) in [4.78, 5) is 13.9. The Hall–Kier alpha value is -1.77. The molecule has 1 amide bonds. The fourth-order valence-electron chi connectivity index (χ4n) is 2.35. The zero-order chi connectivity index (χ0) is 13.1. The highest BCUT2D eigenvalue weighted by Gasteiger charge is 2.31. The summed E-state index contributed by atoms with van der Waals surface area (Å²) in [5, 5.41) is 0. The van der Waals surface area contributed by atoms with Gasteiger partial charge in [-0.2, -0.15) is 0 Å². The summed E-state index contributed by atoms with van der Waals surface area (Å²) < 4.78 is 5.14. The van der Waals surface area contributed by atoms with E-state index in [9.17, 15) is 4.79 Å². The number of nitrogens with zero attached hydrogens (tertiary/aromatic N) is 1. The van der Waals surface area contributed by atoms with Gasteiger partial charge in [-0.1, -0.05) is 18.2 Å². The summed E-state index contributed by atoms with van der Waals surface area (Å²) >= 11 is 0. The SMILES string of the molecule is C=CC1CC(=O)N([C@@H](C)c2ccc(OC)cc2)C1. The predicted molar refractivity (Wildman–Crippen MR) is 71.4 cm³/mol. The van der Waals surface area contributed by atoms with Crippen molar-refractivity contribution in [1.29, 1.82) is 0 Å². The Bertz CT molecular complexity index is 438. The molecule has 3 heteroatoms. The monoisotopic (exact) mass is 245 g/mol. The van der Waals surface area contributed by atoms with Gasteiger partial charge in [0, 0.05) is 18.9 Å². The standard InChI is InChI=1S/C15H19NO2/c1-4-12-9-15(17)16(10-12)11(2)13-5-7-14(18-3)8-6-13/h4-8,11-12H,1,9-10H2,2-3H3/t11-,12?/m0/s1. The second-order valence-corrected chi connectivity index (χ2v) is 4.70. The molecule has 1 aliphatic rings. The van der Waals surface area contributed by atoms with Crippen LogP contribution < -0.4 is 4.74 Å². The number of hydrogen-bond acceptors (Lipinski definition) is 2. The Labute approximate surface area is 108 Å². The highest BCUT2D eigenvalue weighted by molar-refractivity contribution is 5.79. The number of rotatable bonds is 4. The molecule has 96 valence electrons. The van der Waals surface area contributed by atoms with Gasteiger partial charge in [-0.15, -0.1) is 6.58 Å². The third-order valence-electron chi connectivity index (χ3n) is 3.59. The van der Waals surface area contributed by atoms with E-state index in [4.69, 9.17) is 4.74 Å². The molecule has 0 N–H and O–H groups in total. The first-order valence-corrected chi connectivity index (χ1v) is 6.21. The number of ether oxygens (including phenoxy) is 1. The highest BCUT2D eigenvalue weighted by atomic mass is 16.5.